The molecule has 0 saturated heterocycles. The lowest BCUT2D eigenvalue weighted by molar-refractivity contribution is 0.0557. The molecule has 0 fully saturated rings. The zero-order valence-corrected chi connectivity index (χ0v) is 13.0. The first-order chi connectivity index (χ1) is 10.8. The summed E-state index contributed by atoms with van der Waals surface area (Å²) in [5.74, 6) is -4.32. The minimum atomic E-state index is -3.12. The molecule has 1 N–H and O–H groups in total. The summed E-state index contributed by atoms with van der Waals surface area (Å²) in [6, 6.07) is 11.3. The maximum Gasteiger partial charge on any atom is 0.335 e. The van der Waals surface area contributed by atoms with Gasteiger partial charge < -0.3 is 5.11 Å². The highest BCUT2D eigenvalue weighted by atomic mass is 19.3. The Bertz CT molecular complexity index is 749. The first-order valence-electron chi connectivity index (χ1n) is 7.24. The molecule has 0 aliphatic heterocycles. The summed E-state index contributed by atoms with van der Waals surface area (Å²) < 4.78 is 28.3. The van der Waals surface area contributed by atoms with Crippen LogP contribution >= 0.6 is 0 Å². The summed E-state index contributed by atoms with van der Waals surface area (Å²) in [6.45, 7) is 3.88. The maximum atomic E-state index is 14.1. The van der Waals surface area contributed by atoms with Gasteiger partial charge in [-0.05, 0) is 48.2 Å². The number of carboxylic acid groups (broad SMARTS) is 1. The number of benzene rings is 2. The van der Waals surface area contributed by atoms with Crippen LogP contribution in [0.2, 0.25) is 0 Å². The Balaban J connectivity index is 2.20. The Morgan fingerprint density at radius 1 is 1.13 bits per heavy atom. The normalized spacial score (nSPS) is 11.8. The fourth-order valence-electron chi connectivity index (χ4n) is 2.28. The summed E-state index contributed by atoms with van der Waals surface area (Å²) >= 11 is 0. The van der Waals surface area contributed by atoms with Crippen LogP contribution in [0.5, 0.6) is 0 Å². The molecule has 23 heavy (non-hydrogen) atoms. The van der Waals surface area contributed by atoms with E-state index in [1.54, 1.807) is 12.1 Å². The fourth-order valence-corrected chi connectivity index (χ4v) is 2.28. The van der Waals surface area contributed by atoms with Gasteiger partial charge in [-0.25, -0.2) is 13.6 Å². The number of hydrogen-bond acceptors (Lipinski definition) is 1. The zero-order chi connectivity index (χ0) is 17.0. The lowest BCUT2D eigenvalue weighted by Gasteiger charge is -2.13. The van der Waals surface area contributed by atoms with Crippen molar-refractivity contribution in [3.8, 4) is 0 Å². The van der Waals surface area contributed by atoms with E-state index in [-0.39, 0.29) is 11.1 Å². The second kappa shape index (κ2) is 6.73. The highest BCUT2D eigenvalue weighted by Crippen LogP contribution is 2.25. The molecule has 0 unspecified atom stereocenters. The van der Waals surface area contributed by atoms with Crippen LogP contribution in [-0.2, 0) is 6.42 Å². The molecule has 0 aliphatic carbocycles. The Morgan fingerprint density at radius 2 is 1.83 bits per heavy atom. The van der Waals surface area contributed by atoms with Crippen molar-refractivity contribution in [3.05, 3.63) is 76.4 Å². The predicted octanol–water partition coefficient (Wildman–Crippen LogP) is 4.89. The molecule has 0 aromatic heterocycles. The predicted molar refractivity (Wildman–Crippen MR) is 87.0 cm³/mol. The fraction of sp³-hybridized carbons (Fsp3) is 0.211. The third-order valence-electron chi connectivity index (χ3n) is 3.72. The van der Waals surface area contributed by atoms with Crippen LogP contribution in [0.4, 0.5) is 8.78 Å². The summed E-state index contributed by atoms with van der Waals surface area (Å²) in [4.78, 5) is 11.1. The van der Waals surface area contributed by atoms with Crippen molar-refractivity contribution in [2.75, 3.05) is 0 Å². The number of alkyl halides is 2. The maximum absolute atomic E-state index is 14.1. The molecule has 2 aromatic carbocycles. The van der Waals surface area contributed by atoms with E-state index in [0.717, 1.165) is 17.2 Å². The molecule has 0 bridgehead atoms. The molecule has 0 heterocycles. The van der Waals surface area contributed by atoms with Gasteiger partial charge in [0.2, 0.25) is 0 Å². The van der Waals surface area contributed by atoms with Crippen molar-refractivity contribution < 1.29 is 18.7 Å². The first-order valence-corrected chi connectivity index (χ1v) is 7.24. The van der Waals surface area contributed by atoms with Gasteiger partial charge in [0.1, 0.15) is 0 Å². The van der Waals surface area contributed by atoms with Crippen LogP contribution in [0, 0.1) is 13.8 Å². The molecule has 120 valence electrons. The number of rotatable bonds is 5. The minimum absolute atomic E-state index is 0.0910. The molecule has 2 rings (SSSR count). The van der Waals surface area contributed by atoms with E-state index in [1.807, 2.05) is 26.0 Å². The van der Waals surface area contributed by atoms with Gasteiger partial charge in [-0.3, -0.25) is 0 Å². The van der Waals surface area contributed by atoms with Crippen LogP contribution < -0.4 is 0 Å². The Hall–Kier alpha value is -2.49. The first kappa shape index (κ1) is 16.9. The largest absolute Gasteiger partial charge is 0.478 e. The van der Waals surface area contributed by atoms with E-state index in [4.69, 9.17) is 5.11 Å². The number of aryl methyl sites for hydroxylation is 2. The molecule has 0 saturated carbocycles. The van der Waals surface area contributed by atoms with Crippen molar-refractivity contribution in [3.63, 3.8) is 0 Å². The van der Waals surface area contributed by atoms with Crippen LogP contribution in [-0.4, -0.2) is 17.0 Å². The second-order valence-corrected chi connectivity index (χ2v) is 5.58. The standard InChI is InChI=1S/C19H18F2O2/c1-13-7-8-15(11-14(13)2)9-10-19(20,21)12-16-5-3-4-6-17(16)18(22)23/h3-11H,12H2,1-2H3,(H,22,23)/b10-9+. The number of carboxylic acids is 1. The van der Waals surface area contributed by atoms with Gasteiger partial charge in [0.25, 0.3) is 5.92 Å². The van der Waals surface area contributed by atoms with Crippen molar-refractivity contribution in [2.45, 2.75) is 26.2 Å². The van der Waals surface area contributed by atoms with Gasteiger partial charge >= 0.3 is 5.97 Å². The number of aromatic carboxylic acids is 1. The average molecular weight is 316 g/mol. The number of hydrogen-bond donors (Lipinski definition) is 1. The zero-order valence-electron chi connectivity index (χ0n) is 13.0. The van der Waals surface area contributed by atoms with E-state index < -0.39 is 18.3 Å². The van der Waals surface area contributed by atoms with Crippen LogP contribution in [0.1, 0.15) is 32.6 Å². The third-order valence-corrected chi connectivity index (χ3v) is 3.72. The quantitative estimate of drug-likeness (QED) is 0.852. The van der Waals surface area contributed by atoms with Gasteiger partial charge in [-0.15, -0.1) is 0 Å². The van der Waals surface area contributed by atoms with E-state index in [2.05, 4.69) is 0 Å². The number of allylic oxidation sites excluding steroid dienone is 1. The summed E-state index contributed by atoms with van der Waals surface area (Å²) in [7, 11) is 0. The Morgan fingerprint density at radius 3 is 2.48 bits per heavy atom. The van der Waals surface area contributed by atoms with E-state index >= 15 is 0 Å². The summed E-state index contributed by atoms with van der Waals surface area (Å²) in [5.41, 5.74) is 2.86. The average Bonchev–Trinajstić information content (AvgIpc) is 2.48. The number of halogens is 2. The van der Waals surface area contributed by atoms with Crippen molar-refractivity contribution in [2.24, 2.45) is 0 Å². The lowest BCUT2D eigenvalue weighted by atomic mass is 10.00. The van der Waals surface area contributed by atoms with Gasteiger partial charge in [-0.1, -0.05) is 42.5 Å². The minimum Gasteiger partial charge on any atom is -0.478 e. The second-order valence-electron chi connectivity index (χ2n) is 5.58. The van der Waals surface area contributed by atoms with Gasteiger partial charge in [0.05, 0.1) is 5.56 Å². The number of carbonyl (C=O) groups is 1. The smallest absolute Gasteiger partial charge is 0.335 e. The van der Waals surface area contributed by atoms with Crippen molar-refractivity contribution in [1.82, 2.24) is 0 Å². The summed E-state index contributed by atoms with van der Waals surface area (Å²) in [6.07, 6.45) is 1.56. The van der Waals surface area contributed by atoms with E-state index in [9.17, 15) is 13.6 Å². The molecule has 4 heteroatoms. The van der Waals surface area contributed by atoms with Crippen molar-refractivity contribution in [1.29, 1.82) is 0 Å². The van der Waals surface area contributed by atoms with Crippen LogP contribution in [0.15, 0.2) is 48.5 Å². The Labute approximate surface area is 134 Å². The van der Waals surface area contributed by atoms with E-state index in [1.165, 1.54) is 24.3 Å². The molecule has 0 spiro atoms. The van der Waals surface area contributed by atoms with Crippen molar-refractivity contribution >= 4 is 12.0 Å². The monoisotopic (exact) mass is 316 g/mol. The topological polar surface area (TPSA) is 37.3 Å². The Kier molecular flexibility index (Phi) is 4.94. The highest BCUT2D eigenvalue weighted by molar-refractivity contribution is 5.89. The molecular weight excluding hydrogens is 298 g/mol. The van der Waals surface area contributed by atoms with Gasteiger partial charge in [-0.2, -0.15) is 0 Å². The molecule has 2 nitrogen and oxygen atoms in total. The molecular formula is C19H18F2O2. The SMILES string of the molecule is Cc1ccc(/C=C/C(F)(F)Cc2ccccc2C(=O)O)cc1C. The van der Waals surface area contributed by atoms with Gasteiger partial charge in [0.15, 0.2) is 0 Å². The third kappa shape index (κ3) is 4.49. The molecule has 0 amide bonds. The molecule has 0 radical (unpaired) electrons. The van der Waals surface area contributed by atoms with E-state index in [0.29, 0.717) is 5.56 Å². The molecule has 2 aromatic rings. The van der Waals surface area contributed by atoms with Gasteiger partial charge in [0, 0.05) is 6.42 Å². The molecule has 0 aliphatic rings. The summed E-state index contributed by atoms with van der Waals surface area (Å²) in [5, 5.41) is 9.06. The molecule has 0 atom stereocenters. The lowest BCUT2D eigenvalue weighted by Crippen LogP contribution is -2.18. The highest BCUT2D eigenvalue weighted by Gasteiger charge is 2.27. The van der Waals surface area contributed by atoms with Crippen LogP contribution in [0.25, 0.3) is 6.08 Å². The van der Waals surface area contributed by atoms with Crippen LogP contribution in [0.3, 0.4) is 0 Å².